The van der Waals surface area contributed by atoms with Gasteiger partial charge in [-0.2, -0.15) is 0 Å². The Labute approximate surface area is 96.4 Å². The maximum Gasteiger partial charge on any atom is 0.165 e. The van der Waals surface area contributed by atoms with Crippen molar-refractivity contribution in [2.75, 3.05) is 20.3 Å². The molecule has 0 saturated carbocycles. The van der Waals surface area contributed by atoms with Gasteiger partial charge >= 0.3 is 0 Å². The van der Waals surface area contributed by atoms with E-state index in [4.69, 9.17) is 9.47 Å². The van der Waals surface area contributed by atoms with Gasteiger partial charge in [0.2, 0.25) is 0 Å². The Morgan fingerprint density at radius 3 is 2.31 bits per heavy atom. The summed E-state index contributed by atoms with van der Waals surface area (Å²) in [5, 5.41) is 0. The fourth-order valence-corrected chi connectivity index (χ4v) is 1.29. The number of carbonyl (C=O) groups is 1. The van der Waals surface area contributed by atoms with E-state index in [-0.39, 0.29) is 11.7 Å². The Morgan fingerprint density at radius 2 is 1.81 bits per heavy atom. The topological polar surface area (TPSA) is 35.5 Å². The standard InChI is InChI=1S/C13H18O3/c1-10(2)13(14)11-4-6-12(7-5-11)16-9-8-15-3/h4-7,10H,8-9H2,1-3H3. The van der Waals surface area contributed by atoms with Crippen molar-refractivity contribution in [3.05, 3.63) is 29.8 Å². The molecular formula is C13H18O3. The Hall–Kier alpha value is -1.35. The van der Waals surface area contributed by atoms with Crippen LogP contribution in [0.4, 0.5) is 0 Å². The van der Waals surface area contributed by atoms with E-state index >= 15 is 0 Å². The molecule has 0 aliphatic rings. The summed E-state index contributed by atoms with van der Waals surface area (Å²) < 4.78 is 10.3. The minimum Gasteiger partial charge on any atom is -0.491 e. The molecule has 0 aromatic heterocycles. The lowest BCUT2D eigenvalue weighted by Gasteiger charge is -2.07. The molecule has 88 valence electrons. The third-order valence-electron chi connectivity index (χ3n) is 2.22. The van der Waals surface area contributed by atoms with Crippen LogP contribution in [0.15, 0.2) is 24.3 Å². The minimum atomic E-state index is 0.0280. The fourth-order valence-electron chi connectivity index (χ4n) is 1.29. The van der Waals surface area contributed by atoms with E-state index in [2.05, 4.69) is 0 Å². The molecule has 16 heavy (non-hydrogen) atoms. The van der Waals surface area contributed by atoms with Gasteiger partial charge < -0.3 is 9.47 Å². The van der Waals surface area contributed by atoms with Crippen LogP contribution in [0.25, 0.3) is 0 Å². The highest BCUT2D eigenvalue weighted by Crippen LogP contribution is 2.14. The van der Waals surface area contributed by atoms with Crippen molar-refractivity contribution in [2.45, 2.75) is 13.8 Å². The zero-order valence-electron chi connectivity index (χ0n) is 10.0. The van der Waals surface area contributed by atoms with Crippen LogP contribution in [-0.2, 0) is 4.74 Å². The van der Waals surface area contributed by atoms with E-state index in [1.54, 1.807) is 19.2 Å². The summed E-state index contributed by atoms with van der Waals surface area (Å²) in [5.41, 5.74) is 0.731. The number of ketones is 1. The van der Waals surface area contributed by atoms with Gasteiger partial charge in [-0.1, -0.05) is 13.8 Å². The van der Waals surface area contributed by atoms with E-state index in [1.807, 2.05) is 26.0 Å². The zero-order valence-corrected chi connectivity index (χ0v) is 10.0. The number of hydrogen-bond donors (Lipinski definition) is 0. The molecule has 0 fully saturated rings. The first-order valence-electron chi connectivity index (χ1n) is 5.41. The summed E-state index contributed by atoms with van der Waals surface area (Å²) in [6.07, 6.45) is 0. The summed E-state index contributed by atoms with van der Waals surface area (Å²) in [4.78, 5) is 11.7. The van der Waals surface area contributed by atoms with Crippen LogP contribution in [0.1, 0.15) is 24.2 Å². The Bertz CT molecular complexity index is 328. The smallest absolute Gasteiger partial charge is 0.165 e. The average Bonchev–Trinajstić information content (AvgIpc) is 2.29. The van der Waals surface area contributed by atoms with Crippen molar-refractivity contribution in [2.24, 2.45) is 5.92 Å². The molecule has 0 N–H and O–H groups in total. The lowest BCUT2D eigenvalue weighted by molar-refractivity contribution is 0.0939. The summed E-state index contributed by atoms with van der Waals surface area (Å²) >= 11 is 0. The quantitative estimate of drug-likeness (QED) is 0.548. The van der Waals surface area contributed by atoms with Crippen LogP contribution in [0.5, 0.6) is 5.75 Å². The Balaban J connectivity index is 2.57. The molecule has 0 aliphatic carbocycles. The SMILES string of the molecule is COCCOc1ccc(C(=O)C(C)C)cc1. The van der Waals surface area contributed by atoms with Gasteiger partial charge in [0.05, 0.1) is 6.61 Å². The molecule has 0 spiro atoms. The molecule has 0 aliphatic heterocycles. The second kappa shape index (κ2) is 6.28. The molecule has 0 amide bonds. The molecule has 0 atom stereocenters. The van der Waals surface area contributed by atoms with Crippen molar-refractivity contribution in [3.8, 4) is 5.75 Å². The van der Waals surface area contributed by atoms with Crippen molar-refractivity contribution < 1.29 is 14.3 Å². The summed E-state index contributed by atoms with van der Waals surface area (Å²) in [5.74, 6) is 0.945. The van der Waals surface area contributed by atoms with Gasteiger partial charge in [-0.15, -0.1) is 0 Å². The minimum absolute atomic E-state index is 0.0280. The maximum atomic E-state index is 11.7. The van der Waals surface area contributed by atoms with Crippen LogP contribution in [0, 0.1) is 5.92 Å². The first-order chi connectivity index (χ1) is 7.65. The van der Waals surface area contributed by atoms with Crippen molar-refractivity contribution >= 4 is 5.78 Å². The normalized spacial score (nSPS) is 10.5. The number of ether oxygens (including phenoxy) is 2. The third kappa shape index (κ3) is 3.66. The maximum absolute atomic E-state index is 11.7. The third-order valence-corrected chi connectivity index (χ3v) is 2.22. The zero-order chi connectivity index (χ0) is 12.0. The highest BCUT2D eigenvalue weighted by Gasteiger charge is 2.09. The van der Waals surface area contributed by atoms with E-state index < -0.39 is 0 Å². The highest BCUT2D eigenvalue weighted by atomic mass is 16.5. The highest BCUT2D eigenvalue weighted by molar-refractivity contribution is 5.97. The molecule has 0 saturated heterocycles. The second-order valence-corrected chi connectivity index (χ2v) is 3.88. The molecule has 0 unspecified atom stereocenters. The Kier molecular flexibility index (Phi) is 4.99. The predicted octanol–water partition coefficient (Wildman–Crippen LogP) is 2.55. The number of rotatable bonds is 6. The molecular weight excluding hydrogens is 204 g/mol. The molecule has 1 aromatic carbocycles. The monoisotopic (exact) mass is 222 g/mol. The molecule has 0 bridgehead atoms. The summed E-state index contributed by atoms with van der Waals surface area (Å²) in [6.45, 7) is 4.87. The molecule has 1 aromatic rings. The summed E-state index contributed by atoms with van der Waals surface area (Å²) in [6, 6.07) is 7.21. The predicted molar refractivity (Wildman–Crippen MR) is 63.0 cm³/mol. The fraction of sp³-hybridized carbons (Fsp3) is 0.462. The number of carbonyl (C=O) groups excluding carboxylic acids is 1. The number of hydrogen-bond acceptors (Lipinski definition) is 3. The van der Waals surface area contributed by atoms with E-state index in [0.29, 0.717) is 13.2 Å². The average molecular weight is 222 g/mol. The first-order valence-corrected chi connectivity index (χ1v) is 5.41. The lowest BCUT2D eigenvalue weighted by Crippen LogP contribution is -2.07. The molecule has 0 radical (unpaired) electrons. The van der Waals surface area contributed by atoms with Crippen LogP contribution in [0.3, 0.4) is 0 Å². The molecule has 1 rings (SSSR count). The second-order valence-electron chi connectivity index (χ2n) is 3.88. The van der Waals surface area contributed by atoms with Crippen molar-refractivity contribution in [1.29, 1.82) is 0 Å². The van der Waals surface area contributed by atoms with Crippen LogP contribution >= 0.6 is 0 Å². The van der Waals surface area contributed by atoms with E-state index in [1.165, 1.54) is 0 Å². The van der Waals surface area contributed by atoms with E-state index in [0.717, 1.165) is 11.3 Å². The van der Waals surface area contributed by atoms with Gasteiger partial charge in [0.1, 0.15) is 12.4 Å². The van der Waals surface area contributed by atoms with Crippen LogP contribution in [0.2, 0.25) is 0 Å². The molecule has 3 heteroatoms. The van der Waals surface area contributed by atoms with Gasteiger partial charge in [-0.25, -0.2) is 0 Å². The first kappa shape index (κ1) is 12.7. The van der Waals surface area contributed by atoms with Gasteiger partial charge in [0.15, 0.2) is 5.78 Å². The van der Waals surface area contributed by atoms with Crippen molar-refractivity contribution in [3.63, 3.8) is 0 Å². The summed E-state index contributed by atoms with van der Waals surface area (Å²) in [7, 11) is 1.63. The van der Waals surface area contributed by atoms with Gasteiger partial charge in [0, 0.05) is 18.6 Å². The lowest BCUT2D eigenvalue weighted by atomic mass is 10.0. The largest absolute Gasteiger partial charge is 0.491 e. The number of Topliss-reactive ketones (excluding diaryl/α,β-unsaturated/α-hetero) is 1. The molecule has 3 nitrogen and oxygen atoms in total. The van der Waals surface area contributed by atoms with Gasteiger partial charge in [-0.05, 0) is 24.3 Å². The number of methoxy groups -OCH3 is 1. The van der Waals surface area contributed by atoms with Gasteiger partial charge in [-0.3, -0.25) is 4.79 Å². The van der Waals surface area contributed by atoms with E-state index in [9.17, 15) is 4.79 Å². The van der Waals surface area contributed by atoms with Crippen molar-refractivity contribution in [1.82, 2.24) is 0 Å². The number of benzene rings is 1. The van der Waals surface area contributed by atoms with Gasteiger partial charge in [0.25, 0.3) is 0 Å². The Morgan fingerprint density at radius 1 is 1.19 bits per heavy atom. The van der Waals surface area contributed by atoms with Crippen LogP contribution in [-0.4, -0.2) is 26.1 Å². The van der Waals surface area contributed by atoms with Crippen LogP contribution < -0.4 is 4.74 Å². The molecule has 0 heterocycles.